The fourth-order valence-electron chi connectivity index (χ4n) is 3.57. The lowest BCUT2D eigenvalue weighted by Crippen LogP contribution is -2.21. The number of carbonyl (C=O) groups is 2. The van der Waals surface area contributed by atoms with Crippen LogP contribution < -0.4 is 5.32 Å². The van der Waals surface area contributed by atoms with Gasteiger partial charge in [-0.1, -0.05) is 30.3 Å². The first-order valence-electron chi connectivity index (χ1n) is 9.48. The second kappa shape index (κ2) is 8.84. The van der Waals surface area contributed by atoms with E-state index in [4.69, 9.17) is 4.74 Å². The van der Waals surface area contributed by atoms with Crippen LogP contribution in [0.3, 0.4) is 0 Å². The lowest BCUT2D eigenvalue weighted by Gasteiger charge is -2.22. The first-order chi connectivity index (χ1) is 14.7. The summed E-state index contributed by atoms with van der Waals surface area (Å²) in [4.78, 5) is 32.9. The number of esters is 1. The third-order valence-electron chi connectivity index (χ3n) is 5.01. The Morgan fingerprint density at radius 3 is 2.83 bits per heavy atom. The number of anilines is 1. The molecule has 1 atom stereocenters. The molecule has 1 unspecified atom stereocenters. The van der Waals surface area contributed by atoms with Gasteiger partial charge in [0.1, 0.15) is 11.1 Å². The average Bonchev–Trinajstić information content (AvgIpc) is 3.14. The number of fused-ring (bicyclic) bond motifs is 1. The van der Waals surface area contributed by atoms with Crippen LogP contribution in [0.15, 0.2) is 48.9 Å². The number of aromatic nitrogens is 2. The molecule has 7 nitrogen and oxygen atoms in total. The Kier molecular flexibility index (Phi) is 5.82. The van der Waals surface area contributed by atoms with Crippen molar-refractivity contribution in [3.8, 4) is 6.07 Å². The Balaban J connectivity index is 1.43. The van der Waals surface area contributed by atoms with E-state index in [1.165, 1.54) is 35.5 Å². The minimum absolute atomic E-state index is 0.0292. The Bertz CT molecular complexity index is 1110. The SMILES string of the molecule is N#Cc1c(NC(=O)COC(=O)c2cnccn2)sc2c1CCC(c1ccccc1)C2. The Morgan fingerprint density at radius 2 is 2.10 bits per heavy atom. The smallest absolute Gasteiger partial charge is 0.359 e. The van der Waals surface area contributed by atoms with Crippen LogP contribution in [0.4, 0.5) is 5.00 Å². The number of thiophene rings is 1. The van der Waals surface area contributed by atoms with Crippen molar-refractivity contribution in [1.29, 1.82) is 5.26 Å². The van der Waals surface area contributed by atoms with Gasteiger partial charge >= 0.3 is 5.97 Å². The van der Waals surface area contributed by atoms with Crippen molar-refractivity contribution < 1.29 is 14.3 Å². The molecule has 2 aromatic heterocycles. The van der Waals surface area contributed by atoms with Gasteiger partial charge in [-0.25, -0.2) is 9.78 Å². The normalized spacial score (nSPS) is 15.0. The van der Waals surface area contributed by atoms with Gasteiger partial charge in [0.2, 0.25) is 0 Å². The zero-order chi connectivity index (χ0) is 20.9. The second-order valence-corrected chi connectivity index (χ2v) is 7.99. The maximum absolute atomic E-state index is 12.3. The molecule has 0 spiro atoms. The summed E-state index contributed by atoms with van der Waals surface area (Å²) in [6, 6.07) is 12.6. The average molecular weight is 418 g/mol. The quantitative estimate of drug-likeness (QED) is 0.636. The van der Waals surface area contributed by atoms with Crippen LogP contribution in [0, 0.1) is 11.3 Å². The first kappa shape index (κ1) is 19.7. The van der Waals surface area contributed by atoms with E-state index in [2.05, 4.69) is 33.5 Å². The molecule has 0 bridgehead atoms. The summed E-state index contributed by atoms with van der Waals surface area (Å²) in [5.74, 6) is -0.822. The molecule has 1 aliphatic rings. The minimum Gasteiger partial charge on any atom is -0.451 e. The Hall–Kier alpha value is -3.57. The Morgan fingerprint density at radius 1 is 1.27 bits per heavy atom. The highest BCUT2D eigenvalue weighted by molar-refractivity contribution is 7.16. The predicted octanol–water partition coefficient (Wildman–Crippen LogP) is 3.48. The third-order valence-corrected chi connectivity index (χ3v) is 6.18. The highest BCUT2D eigenvalue weighted by Gasteiger charge is 2.27. The topological polar surface area (TPSA) is 105 Å². The number of nitrogens with one attached hydrogen (secondary N) is 1. The standard InChI is InChI=1S/C22H18N4O3S/c23-11-17-16-7-6-15(14-4-2-1-3-5-14)10-19(16)30-21(17)26-20(27)13-29-22(28)18-12-24-8-9-25-18/h1-5,8-9,12,15H,6-7,10,13H2,(H,26,27). The molecule has 8 heteroatoms. The number of nitriles is 1. The summed E-state index contributed by atoms with van der Waals surface area (Å²) in [7, 11) is 0. The molecular formula is C22H18N4O3S. The second-order valence-electron chi connectivity index (χ2n) is 6.89. The molecule has 0 aliphatic heterocycles. The molecule has 4 rings (SSSR count). The van der Waals surface area contributed by atoms with Crippen LogP contribution >= 0.6 is 11.3 Å². The third kappa shape index (κ3) is 4.21. The minimum atomic E-state index is -0.727. The van der Waals surface area contributed by atoms with Crippen LogP contribution in [-0.2, 0) is 22.4 Å². The van der Waals surface area contributed by atoms with Crippen LogP contribution in [0.1, 0.15) is 44.4 Å². The molecule has 1 amide bonds. The van der Waals surface area contributed by atoms with Gasteiger partial charge in [-0.2, -0.15) is 5.26 Å². The number of hydrogen-bond donors (Lipinski definition) is 1. The number of ether oxygens (including phenoxy) is 1. The molecule has 0 saturated carbocycles. The first-order valence-corrected chi connectivity index (χ1v) is 10.3. The van der Waals surface area contributed by atoms with E-state index in [-0.39, 0.29) is 5.69 Å². The van der Waals surface area contributed by atoms with Gasteiger partial charge in [0.25, 0.3) is 5.91 Å². The summed E-state index contributed by atoms with van der Waals surface area (Å²) in [5, 5.41) is 12.9. The van der Waals surface area contributed by atoms with E-state index in [9.17, 15) is 14.9 Å². The summed E-state index contributed by atoms with van der Waals surface area (Å²) in [6.45, 7) is -0.463. The van der Waals surface area contributed by atoms with E-state index in [1.807, 2.05) is 18.2 Å². The maximum atomic E-state index is 12.3. The summed E-state index contributed by atoms with van der Waals surface area (Å²) in [6.07, 6.45) is 6.68. The number of nitrogens with zero attached hydrogens (tertiary/aromatic N) is 3. The largest absolute Gasteiger partial charge is 0.451 e. The monoisotopic (exact) mass is 418 g/mol. The molecule has 3 aromatic rings. The van der Waals surface area contributed by atoms with Gasteiger partial charge in [-0.3, -0.25) is 9.78 Å². The fraction of sp³-hybridized carbons (Fsp3) is 0.227. The van der Waals surface area contributed by atoms with Gasteiger partial charge in [0.15, 0.2) is 12.3 Å². The zero-order valence-electron chi connectivity index (χ0n) is 16.0. The van der Waals surface area contributed by atoms with Gasteiger partial charge < -0.3 is 10.1 Å². The van der Waals surface area contributed by atoms with Crippen molar-refractivity contribution in [1.82, 2.24) is 9.97 Å². The van der Waals surface area contributed by atoms with Crippen molar-refractivity contribution in [2.75, 3.05) is 11.9 Å². The van der Waals surface area contributed by atoms with Crippen molar-refractivity contribution in [2.24, 2.45) is 0 Å². The van der Waals surface area contributed by atoms with E-state index < -0.39 is 18.5 Å². The number of benzene rings is 1. The van der Waals surface area contributed by atoms with Crippen LogP contribution in [0.25, 0.3) is 0 Å². The molecular weight excluding hydrogens is 400 g/mol. The summed E-state index contributed by atoms with van der Waals surface area (Å²) in [5.41, 5.74) is 2.84. The number of hydrogen-bond acceptors (Lipinski definition) is 7. The van der Waals surface area contributed by atoms with E-state index in [1.54, 1.807) is 0 Å². The van der Waals surface area contributed by atoms with Crippen LogP contribution in [-0.4, -0.2) is 28.5 Å². The molecule has 30 heavy (non-hydrogen) atoms. The molecule has 1 aromatic carbocycles. The molecule has 1 N–H and O–H groups in total. The summed E-state index contributed by atoms with van der Waals surface area (Å²) >= 11 is 1.43. The van der Waals surface area contributed by atoms with Gasteiger partial charge in [-0.05, 0) is 36.3 Å². The van der Waals surface area contributed by atoms with Crippen LogP contribution in [0.5, 0.6) is 0 Å². The van der Waals surface area contributed by atoms with Crippen LogP contribution in [0.2, 0.25) is 0 Å². The van der Waals surface area contributed by atoms with Crippen molar-refractivity contribution in [3.63, 3.8) is 0 Å². The highest BCUT2D eigenvalue weighted by Crippen LogP contribution is 2.42. The zero-order valence-corrected chi connectivity index (χ0v) is 16.8. The van der Waals surface area contributed by atoms with E-state index in [0.717, 1.165) is 29.7 Å². The molecule has 0 radical (unpaired) electrons. The highest BCUT2D eigenvalue weighted by atomic mass is 32.1. The number of carbonyl (C=O) groups excluding carboxylic acids is 2. The predicted molar refractivity (Wildman–Crippen MR) is 111 cm³/mol. The van der Waals surface area contributed by atoms with E-state index in [0.29, 0.717) is 16.5 Å². The lowest BCUT2D eigenvalue weighted by molar-refractivity contribution is -0.119. The molecule has 2 heterocycles. The lowest BCUT2D eigenvalue weighted by atomic mass is 9.83. The molecule has 150 valence electrons. The van der Waals surface area contributed by atoms with Crippen molar-refractivity contribution in [2.45, 2.75) is 25.2 Å². The van der Waals surface area contributed by atoms with Gasteiger partial charge in [0, 0.05) is 17.3 Å². The number of rotatable bonds is 5. The van der Waals surface area contributed by atoms with Gasteiger partial charge in [-0.15, -0.1) is 11.3 Å². The maximum Gasteiger partial charge on any atom is 0.359 e. The molecule has 0 fully saturated rings. The fourth-order valence-corrected chi connectivity index (χ4v) is 4.87. The molecule has 1 aliphatic carbocycles. The van der Waals surface area contributed by atoms with E-state index >= 15 is 0 Å². The number of amides is 1. The van der Waals surface area contributed by atoms with Gasteiger partial charge in [0.05, 0.1) is 11.8 Å². The Labute approximate surface area is 177 Å². The molecule has 0 saturated heterocycles. The van der Waals surface area contributed by atoms with Crippen molar-refractivity contribution >= 4 is 28.2 Å². The van der Waals surface area contributed by atoms with Crippen molar-refractivity contribution in [3.05, 3.63) is 76.2 Å². The summed E-state index contributed by atoms with van der Waals surface area (Å²) < 4.78 is 4.98.